The molecule has 1 saturated heterocycles. The lowest BCUT2D eigenvalue weighted by Gasteiger charge is -2.50. The predicted molar refractivity (Wildman–Crippen MR) is 219 cm³/mol. The smallest absolute Gasteiger partial charge is 0.302 e. The number of carbonyl (C=O) groups is 3. The van der Waals surface area contributed by atoms with Gasteiger partial charge in [-0.1, -0.05) is 52.8 Å². The number of ether oxygens (including phenoxy) is 2. The molecule has 3 aliphatic heterocycles. The van der Waals surface area contributed by atoms with E-state index in [0.29, 0.717) is 43.0 Å². The lowest BCUT2D eigenvalue weighted by Crippen LogP contribution is -2.58. The minimum atomic E-state index is -0.817. The van der Waals surface area contributed by atoms with E-state index in [9.17, 15) is 29.7 Å². The van der Waals surface area contributed by atoms with E-state index in [0.717, 1.165) is 19.4 Å². The van der Waals surface area contributed by atoms with Crippen LogP contribution >= 0.6 is 0 Å². The predicted octanol–water partition coefficient (Wildman–Crippen LogP) is 6.21. The van der Waals surface area contributed by atoms with Crippen molar-refractivity contribution in [3.05, 3.63) is 45.6 Å². The molecule has 0 aromatic heterocycles. The Labute approximate surface area is 335 Å². The number of amides is 1. The van der Waals surface area contributed by atoms with Crippen molar-refractivity contribution in [2.75, 3.05) is 25.0 Å². The molecule has 0 radical (unpaired) electrons. The van der Waals surface area contributed by atoms with Crippen LogP contribution in [0.4, 0.5) is 5.69 Å². The normalized spacial score (nSPS) is 33.9. The van der Waals surface area contributed by atoms with Crippen molar-refractivity contribution >= 4 is 34.1 Å². The van der Waals surface area contributed by atoms with Crippen molar-refractivity contribution in [1.29, 1.82) is 0 Å². The highest BCUT2D eigenvalue weighted by atomic mass is 16.5. The topological polar surface area (TPSA) is 179 Å². The van der Waals surface area contributed by atoms with E-state index in [1.807, 2.05) is 33.8 Å². The molecule has 1 aliphatic carbocycles. The van der Waals surface area contributed by atoms with Crippen molar-refractivity contribution < 1.29 is 39.2 Å². The van der Waals surface area contributed by atoms with Crippen molar-refractivity contribution in [2.45, 2.75) is 119 Å². The summed E-state index contributed by atoms with van der Waals surface area (Å²) in [6.07, 6.45) is 7.64. The number of aliphatic hydroxyl groups is 1. The molecule has 4 aliphatic rings. The number of hydrogen-bond acceptors (Lipinski definition) is 11. The van der Waals surface area contributed by atoms with Gasteiger partial charge in [-0.2, -0.15) is 0 Å². The van der Waals surface area contributed by atoms with Gasteiger partial charge in [0.1, 0.15) is 34.0 Å². The minimum Gasteiger partial charge on any atom is -0.507 e. The molecule has 1 saturated carbocycles. The number of aromatic hydroxyl groups is 2. The van der Waals surface area contributed by atoms with Crippen LogP contribution < -0.4 is 26.1 Å². The van der Waals surface area contributed by atoms with Crippen LogP contribution in [0.3, 0.4) is 0 Å². The molecule has 57 heavy (non-hydrogen) atoms. The number of nitrogens with zero attached hydrogens (tertiary/aromatic N) is 2. The maximum Gasteiger partial charge on any atom is 0.302 e. The molecule has 3 heterocycles. The maximum absolute atomic E-state index is 14.8. The Balaban J connectivity index is 1.60. The number of nitrogens with one attached hydrogen (secondary N) is 2. The second kappa shape index (κ2) is 16.9. The van der Waals surface area contributed by atoms with Gasteiger partial charge >= 0.3 is 5.97 Å². The molecule has 12 heteroatoms. The third kappa shape index (κ3) is 7.96. The van der Waals surface area contributed by atoms with Crippen molar-refractivity contribution in [2.24, 2.45) is 51.4 Å². The number of hydrogen-bond donors (Lipinski definition) is 5. The summed E-state index contributed by atoms with van der Waals surface area (Å²) in [5.41, 5.74) is 0.432. The van der Waals surface area contributed by atoms with Crippen LogP contribution in [0.5, 0.6) is 17.2 Å². The summed E-state index contributed by atoms with van der Waals surface area (Å²) in [4.78, 5) is 50.9. The second-order valence-corrected chi connectivity index (χ2v) is 17.5. The molecule has 1 spiro atoms. The van der Waals surface area contributed by atoms with Gasteiger partial charge in [0, 0.05) is 54.2 Å². The molecular formula is C45H62N4O8. The zero-order chi connectivity index (χ0) is 41.5. The highest BCUT2D eigenvalue weighted by Crippen LogP contribution is 2.51. The molecule has 2 unspecified atom stereocenters. The largest absolute Gasteiger partial charge is 0.507 e. The molecular weight excluding hydrogens is 725 g/mol. The summed E-state index contributed by atoms with van der Waals surface area (Å²) in [5.74, 6) is -1.76. The van der Waals surface area contributed by atoms with Crippen molar-refractivity contribution in [1.82, 2.24) is 5.32 Å². The molecule has 2 aromatic rings. The number of esters is 1. The van der Waals surface area contributed by atoms with Crippen LogP contribution in [-0.2, 0) is 14.3 Å². The Morgan fingerprint density at radius 3 is 2.42 bits per heavy atom. The molecule has 1 amide bonds. The summed E-state index contributed by atoms with van der Waals surface area (Å²) >= 11 is 0. The monoisotopic (exact) mass is 786 g/mol. The van der Waals surface area contributed by atoms with Gasteiger partial charge in [0.05, 0.1) is 29.3 Å². The van der Waals surface area contributed by atoms with Gasteiger partial charge in [-0.05, 0) is 83.1 Å². The summed E-state index contributed by atoms with van der Waals surface area (Å²) in [6, 6.07) is 0. The maximum atomic E-state index is 14.8. The highest BCUT2D eigenvalue weighted by molar-refractivity contribution is 6.18. The van der Waals surface area contributed by atoms with E-state index in [1.54, 1.807) is 32.9 Å². The molecule has 4 bridgehead atoms. The van der Waals surface area contributed by atoms with E-state index in [-0.39, 0.29) is 98.4 Å². The van der Waals surface area contributed by atoms with Crippen LogP contribution in [0.15, 0.2) is 33.8 Å². The fourth-order valence-electron chi connectivity index (χ4n) is 10.2. The van der Waals surface area contributed by atoms with Crippen molar-refractivity contribution in [3.63, 3.8) is 0 Å². The Kier molecular flexibility index (Phi) is 12.5. The van der Waals surface area contributed by atoms with Crippen LogP contribution in [0.2, 0.25) is 0 Å². The molecule has 12 nitrogen and oxygen atoms in total. The SMILES string of the molecule is CCOc1c(C)c(O)c2c(O)c3c4c(c2c1C(=O)CCC[C@@H](C)[C@@H](OC(C)=O)[C@H](C)[C@H](O)[C@H](C)C[C@@H](C)/C=C/C=C(/C)C(=O)N=3)N[C@]1(N=4)C(C)CC2CNC[C@@H]1C2. The fraction of sp³-hybridized carbons (Fsp3) is 0.622. The molecule has 2 aromatic carbocycles. The molecule has 6 rings (SSSR count). The van der Waals surface area contributed by atoms with E-state index in [4.69, 9.17) is 14.5 Å². The number of Topliss-reactive ketones (excluding diaryl/α,β-unsaturated/α-hetero) is 1. The number of phenolic OH excluding ortho intramolecular Hbond substituents is 2. The zero-order valence-corrected chi connectivity index (χ0v) is 35.1. The number of anilines is 1. The Morgan fingerprint density at radius 1 is 0.982 bits per heavy atom. The molecule has 10 atom stereocenters. The van der Waals surface area contributed by atoms with Crippen LogP contribution in [-0.4, -0.2) is 70.5 Å². The number of benzene rings is 2. The minimum absolute atomic E-state index is 0.00480. The third-order valence-electron chi connectivity index (χ3n) is 13.2. The summed E-state index contributed by atoms with van der Waals surface area (Å²) < 4.78 is 12.0. The first-order valence-electron chi connectivity index (χ1n) is 20.9. The number of piperidine rings is 1. The number of aliphatic hydroxyl groups excluding tert-OH is 1. The van der Waals surface area contributed by atoms with Gasteiger partial charge in [0.2, 0.25) is 0 Å². The Hall–Kier alpha value is -4.29. The highest BCUT2D eigenvalue weighted by Gasteiger charge is 2.52. The number of allylic oxidation sites excluding steroid dienone is 3. The van der Waals surface area contributed by atoms with Gasteiger partial charge in [-0.15, -0.1) is 0 Å². The lowest BCUT2D eigenvalue weighted by molar-refractivity contribution is -0.156. The average molecular weight is 787 g/mol. The average Bonchev–Trinajstić information content (AvgIpc) is 3.57. The first-order valence-corrected chi connectivity index (χ1v) is 20.9. The number of ketones is 1. The summed E-state index contributed by atoms with van der Waals surface area (Å²) in [5, 5.41) is 43.5. The number of phenols is 2. The van der Waals surface area contributed by atoms with E-state index >= 15 is 0 Å². The summed E-state index contributed by atoms with van der Waals surface area (Å²) in [6.45, 7) is 18.4. The van der Waals surface area contributed by atoms with Gasteiger partial charge in [0.15, 0.2) is 11.5 Å². The number of fused-ring (bicyclic) bond motifs is 3. The Bertz CT molecular complexity index is 2110. The van der Waals surface area contributed by atoms with Crippen LogP contribution in [0, 0.1) is 48.3 Å². The van der Waals surface area contributed by atoms with Gasteiger partial charge < -0.3 is 35.4 Å². The lowest BCUT2D eigenvalue weighted by atomic mass is 9.66. The zero-order valence-electron chi connectivity index (χ0n) is 35.1. The van der Waals surface area contributed by atoms with E-state index in [1.165, 1.54) is 6.92 Å². The van der Waals surface area contributed by atoms with Gasteiger partial charge in [-0.3, -0.25) is 19.4 Å². The fourth-order valence-corrected chi connectivity index (χ4v) is 10.2. The Morgan fingerprint density at radius 2 is 1.72 bits per heavy atom. The van der Waals surface area contributed by atoms with E-state index in [2.05, 4.69) is 22.5 Å². The van der Waals surface area contributed by atoms with Gasteiger partial charge in [0.25, 0.3) is 5.91 Å². The van der Waals surface area contributed by atoms with Gasteiger partial charge in [-0.25, -0.2) is 4.99 Å². The first kappa shape index (κ1) is 42.3. The third-order valence-corrected chi connectivity index (χ3v) is 13.2. The summed E-state index contributed by atoms with van der Waals surface area (Å²) in [7, 11) is 0. The van der Waals surface area contributed by atoms with Crippen molar-refractivity contribution in [3.8, 4) is 17.2 Å². The molecule has 2 fully saturated rings. The standard InChI is InChI=1S/C45H62N4O8/c1-10-56-43-28(8)40(53)35-34-33(43)32(51)16-12-14-23(3)42(57-29(9)50)27(7)39(52)25(5)17-22(2)13-11-15-24(4)44(55)47-38(41(35)54)37-36(34)48-45(49-37)26(6)18-30-19-31(45)21-46-20-30/h11,13,15,22-23,25-27,30-31,39,42,46,48,52-54H,10,12,14,16-21H2,1-9H3/b13-11+,24-15-,47-38?/t22-,23+,25+,26?,27+,30?,31-,39+,42+,45-/m0/s1. The second-order valence-electron chi connectivity index (χ2n) is 17.5. The number of rotatable bonds is 3. The number of carbonyl (C=O) groups excluding carboxylic acids is 3. The van der Waals surface area contributed by atoms with Crippen LogP contribution in [0.1, 0.15) is 110 Å². The molecule has 5 N–H and O–H groups in total. The van der Waals surface area contributed by atoms with Crippen LogP contribution in [0.25, 0.3) is 10.8 Å². The first-order chi connectivity index (χ1) is 27.0. The van der Waals surface area contributed by atoms with E-state index < -0.39 is 35.5 Å². The molecule has 310 valence electrons. The quantitative estimate of drug-likeness (QED) is 0.178.